The van der Waals surface area contributed by atoms with Crippen molar-refractivity contribution in [3.8, 4) is 0 Å². The molecule has 0 unspecified atom stereocenters. The van der Waals surface area contributed by atoms with Crippen molar-refractivity contribution in [3.63, 3.8) is 0 Å². The lowest BCUT2D eigenvalue weighted by Crippen LogP contribution is -2.57. The molecule has 4 rings (SSSR count). The molecule has 4 heterocycles. The van der Waals surface area contributed by atoms with Crippen LogP contribution >= 0.6 is 0 Å². The Morgan fingerprint density at radius 3 is 2.84 bits per heavy atom. The van der Waals surface area contributed by atoms with E-state index in [0.29, 0.717) is 5.56 Å². The van der Waals surface area contributed by atoms with Gasteiger partial charge in [-0.2, -0.15) is 0 Å². The Hall–Kier alpha value is -2.18. The van der Waals surface area contributed by atoms with Gasteiger partial charge in [-0.1, -0.05) is 6.07 Å². The number of nitrogens with zero attached hydrogens (tertiary/aromatic N) is 3. The molecule has 25 heavy (non-hydrogen) atoms. The summed E-state index contributed by atoms with van der Waals surface area (Å²) in [5.41, 5.74) is 1.72. The predicted octanol–water partition coefficient (Wildman–Crippen LogP) is 2.18. The molecule has 2 fully saturated rings. The number of morpholine rings is 1. The van der Waals surface area contributed by atoms with Gasteiger partial charge in [-0.3, -0.25) is 14.7 Å². The maximum absolute atomic E-state index is 12.4. The molecule has 6 heteroatoms. The molecule has 1 amide bonds. The minimum atomic E-state index is -0.131. The molecule has 0 radical (unpaired) electrons. The fourth-order valence-corrected chi connectivity index (χ4v) is 3.80. The van der Waals surface area contributed by atoms with Crippen molar-refractivity contribution >= 4 is 5.91 Å². The quantitative estimate of drug-likeness (QED) is 0.856. The fourth-order valence-electron chi connectivity index (χ4n) is 3.80. The van der Waals surface area contributed by atoms with E-state index in [1.165, 1.54) is 11.8 Å². The van der Waals surface area contributed by atoms with Crippen molar-refractivity contribution in [3.05, 3.63) is 54.2 Å². The monoisotopic (exact) mass is 341 g/mol. The second-order valence-electron chi connectivity index (χ2n) is 6.91. The van der Waals surface area contributed by atoms with Crippen LogP contribution in [0.4, 0.5) is 0 Å². The summed E-state index contributed by atoms with van der Waals surface area (Å²) in [7, 11) is 0. The summed E-state index contributed by atoms with van der Waals surface area (Å²) in [6.45, 7) is 4.95. The molecule has 2 aliphatic heterocycles. The normalized spacial score (nSPS) is 20.7. The van der Waals surface area contributed by atoms with Gasteiger partial charge in [0.15, 0.2) is 0 Å². The molecular weight excluding hydrogens is 318 g/mol. The molecule has 6 nitrogen and oxygen atoms in total. The Morgan fingerprint density at radius 2 is 2.12 bits per heavy atom. The Balaban J connectivity index is 1.36. The van der Waals surface area contributed by atoms with Gasteiger partial charge in [0.25, 0.3) is 5.91 Å². The molecule has 0 N–H and O–H groups in total. The van der Waals surface area contributed by atoms with Crippen molar-refractivity contribution in [1.82, 2.24) is 14.8 Å². The number of carbonyl (C=O) groups excluding carboxylic acids is 1. The molecule has 0 saturated carbocycles. The minimum Gasteiger partial charge on any atom is -0.472 e. The Labute approximate surface area is 147 Å². The van der Waals surface area contributed by atoms with Gasteiger partial charge in [-0.15, -0.1) is 0 Å². The highest BCUT2D eigenvalue weighted by molar-refractivity contribution is 5.93. The van der Waals surface area contributed by atoms with Crippen LogP contribution in [0.3, 0.4) is 0 Å². The lowest BCUT2D eigenvalue weighted by molar-refractivity contribution is -0.134. The molecule has 2 aromatic rings. The van der Waals surface area contributed by atoms with Crippen LogP contribution in [0.2, 0.25) is 0 Å². The average Bonchev–Trinajstić information content (AvgIpc) is 3.18. The van der Waals surface area contributed by atoms with E-state index >= 15 is 0 Å². The summed E-state index contributed by atoms with van der Waals surface area (Å²) >= 11 is 0. The highest BCUT2D eigenvalue weighted by atomic mass is 16.5. The molecule has 2 saturated heterocycles. The number of likely N-dealkylation sites (tertiary alicyclic amines) is 1. The average molecular weight is 341 g/mol. The van der Waals surface area contributed by atoms with Gasteiger partial charge in [0.2, 0.25) is 0 Å². The lowest BCUT2D eigenvalue weighted by Gasteiger charge is -2.47. The van der Waals surface area contributed by atoms with Crippen LogP contribution in [0.1, 0.15) is 28.8 Å². The summed E-state index contributed by atoms with van der Waals surface area (Å²) in [5, 5.41) is 0. The number of piperidine rings is 1. The van der Waals surface area contributed by atoms with E-state index in [0.717, 1.165) is 52.2 Å². The molecule has 0 aliphatic carbocycles. The summed E-state index contributed by atoms with van der Waals surface area (Å²) < 4.78 is 11.2. The van der Waals surface area contributed by atoms with Gasteiger partial charge < -0.3 is 14.1 Å². The molecule has 0 bridgehead atoms. The number of ether oxygens (including phenoxy) is 1. The maximum Gasteiger partial charge on any atom is 0.257 e. The third-order valence-corrected chi connectivity index (χ3v) is 5.19. The van der Waals surface area contributed by atoms with Crippen LogP contribution < -0.4 is 0 Å². The van der Waals surface area contributed by atoms with Crippen molar-refractivity contribution in [2.75, 3.05) is 32.8 Å². The number of pyridine rings is 1. The number of aromatic nitrogens is 1. The van der Waals surface area contributed by atoms with Crippen LogP contribution in [0.15, 0.2) is 47.5 Å². The number of rotatable bonds is 3. The van der Waals surface area contributed by atoms with E-state index in [1.807, 2.05) is 17.2 Å². The highest BCUT2D eigenvalue weighted by Gasteiger charge is 2.40. The second kappa shape index (κ2) is 6.98. The first-order valence-electron chi connectivity index (χ1n) is 8.81. The number of hydrogen-bond acceptors (Lipinski definition) is 5. The van der Waals surface area contributed by atoms with Crippen LogP contribution in [0.5, 0.6) is 0 Å². The molecule has 132 valence electrons. The summed E-state index contributed by atoms with van der Waals surface area (Å²) in [4.78, 5) is 21.0. The van der Waals surface area contributed by atoms with Gasteiger partial charge in [-0.05, 0) is 30.5 Å². The Bertz CT molecular complexity index is 694. The zero-order valence-electron chi connectivity index (χ0n) is 14.3. The third-order valence-electron chi connectivity index (χ3n) is 5.19. The number of hydrogen-bond donors (Lipinski definition) is 0. The SMILES string of the molecule is O=C(c1ccoc1)N1CCC2(CC1)CN(Cc1cccnc1)CCO2. The van der Waals surface area contributed by atoms with Gasteiger partial charge in [0.05, 0.1) is 24.0 Å². The first kappa shape index (κ1) is 16.3. The molecule has 0 aromatic carbocycles. The van der Waals surface area contributed by atoms with Gasteiger partial charge >= 0.3 is 0 Å². The van der Waals surface area contributed by atoms with Gasteiger partial charge in [-0.25, -0.2) is 0 Å². The van der Waals surface area contributed by atoms with E-state index in [9.17, 15) is 4.79 Å². The summed E-state index contributed by atoms with van der Waals surface area (Å²) in [5.74, 6) is 0.0478. The van der Waals surface area contributed by atoms with Crippen molar-refractivity contribution in [1.29, 1.82) is 0 Å². The van der Waals surface area contributed by atoms with Gasteiger partial charge in [0.1, 0.15) is 6.26 Å². The molecule has 0 atom stereocenters. The first-order chi connectivity index (χ1) is 12.2. The summed E-state index contributed by atoms with van der Waals surface area (Å²) in [6.07, 6.45) is 8.53. The van der Waals surface area contributed by atoms with Crippen molar-refractivity contribution < 1.29 is 13.9 Å². The topological polar surface area (TPSA) is 58.8 Å². The van der Waals surface area contributed by atoms with E-state index in [1.54, 1.807) is 18.5 Å². The summed E-state index contributed by atoms with van der Waals surface area (Å²) in [6, 6.07) is 5.81. The first-order valence-corrected chi connectivity index (χ1v) is 8.81. The van der Waals surface area contributed by atoms with E-state index in [2.05, 4.69) is 16.0 Å². The standard InChI is InChI=1S/C19H23N3O3/c23-18(17-3-10-24-14-17)22-7-4-19(5-8-22)15-21(9-11-25-19)13-16-2-1-6-20-12-16/h1-3,6,10,12,14H,4-5,7-9,11,13,15H2. The largest absolute Gasteiger partial charge is 0.472 e. The molecular formula is C19H23N3O3. The van der Waals surface area contributed by atoms with E-state index in [4.69, 9.17) is 9.15 Å². The van der Waals surface area contributed by atoms with Crippen molar-refractivity contribution in [2.45, 2.75) is 25.0 Å². The van der Waals surface area contributed by atoms with Crippen LogP contribution in [-0.4, -0.2) is 59.1 Å². The van der Waals surface area contributed by atoms with Crippen LogP contribution in [-0.2, 0) is 11.3 Å². The fraction of sp³-hybridized carbons (Fsp3) is 0.474. The molecule has 2 aromatic heterocycles. The second-order valence-corrected chi connectivity index (χ2v) is 6.91. The molecule has 2 aliphatic rings. The van der Waals surface area contributed by atoms with E-state index < -0.39 is 0 Å². The van der Waals surface area contributed by atoms with Crippen LogP contribution in [0, 0.1) is 0 Å². The maximum atomic E-state index is 12.4. The minimum absolute atomic E-state index is 0.0478. The predicted molar refractivity (Wildman–Crippen MR) is 92.0 cm³/mol. The lowest BCUT2D eigenvalue weighted by atomic mass is 9.89. The zero-order chi connectivity index (χ0) is 17.1. The molecule has 1 spiro atoms. The number of furan rings is 1. The van der Waals surface area contributed by atoms with Gasteiger partial charge in [0, 0.05) is 45.1 Å². The number of carbonyl (C=O) groups is 1. The Morgan fingerprint density at radius 1 is 1.24 bits per heavy atom. The van der Waals surface area contributed by atoms with Crippen LogP contribution in [0.25, 0.3) is 0 Å². The number of amides is 1. The highest BCUT2D eigenvalue weighted by Crippen LogP contribution is 2.31. The third kappa shape index (κ3) is 3.60. The Kier molecular flexibility index (Phi) is 4.55. The smallest absolute Gasteiger partial charge is 0.257 e. The van der Waals surface area contributed by atoms with E-state index in [-0.39, 0.29) is 11.5 Å². The zero-order valence-corrected chi connectivity index (χ0v) is 14.3. The van der Waals surface area contributed by atoms with Crippen molar-refractivity contribution in [2.24, 2.45) is 0 Å².